The summed E-state index contributed by atoms with van der Waals surface area (Å²) in [4.78, 5) is 2.57. The van der Waals surface area contributed by atoms with Crippen LogP contribution in [0.5, 0.6) is 0 Å². The molecule has 0 radical (unpaired) electrons. The molecule has 51 heavy (non-hydrogen) atoms. The number of aromatic nitrogens is 1. The van der Waals surface area contributed by atoms with Crippen LogP contribution in [-0.2, 0) is 5.41 Å². The van der Waals surface area contributed by atoms with Crippen molar-refractivity contribution < 1.29 is 0 Å². The number of hydrogen-bond donors (Lipinski definition) is 0. The lowest BCUT2D eigenvalue weighted by atomic mass is 9.66. The van der Waals surface area contributed by atoms with Crippen molar-refractivity contribution >= 4 is 38.9 Å². The molecule has 2 fully saturated rings. The first-order valence-corrected chi connectivity index (χ1v) is 18.6. The van der Waals surface area contributed by atoms with Crippen LogP contribution in [-0.4, -0.2) is 4.57 Å². The quantitative estimate of drug-likeness (QED) is 0.179. The second-order valence-electron chi connectivity index (χ2n) is 14.9. The van der Waals surface area contributed by atoms with Crippen molar-refractivity contribution in [2.45, 2.75) is 31.1 Å². The van der Waals surface area contributed by atoms with Gasteiger partial charge in [-0.1, -0.05) is 128 Å². The highest BCUT2D eigenvalue weighted by molar-refractivity contribution is 6.10. The number of fused-ring (bicyclic) bond motifs is 11. The van der Waals surface area contributed by atoms with Crippen LogP contribution < -0.4 is 4.90 Å². The summed E-state index contributed by atoms with van der Waals surface area (Å²) >= 11 is 0. The Bertz CT molecular complexity index is 2600. The minimum atomic E-state index is 0.0523. The number of hydrogen-bond acceptors (Lipinski definition) is 1. The molecular formula is C49H38N2. The molecule has 2 saturated carbocycles. The van der Waals surface area contributed by atoms with Gasteiger partial charge in [-0.05, 0) is 113 Å². The fourth-order valence-corrected chi connectivity index (χ4v) is 10.4. The van der Waals surface area contributed by atoms with Crippen molar-refractivity contribution in [3.63, 3.8) is 0 Å². The lowest BCUT2D eigenvalue weighted by molar-refractivity contribution is 0.327. The monoisotopic (exact) mass is 654 g/mol. The minimum absolute atomic E-state index is 0.0523. The molecule has 0 N–H and O–H groups in total. The zero-order valence-electron chi connectivity index (χ0n) is 28.5. The summed E-state index contributed by atoms with van der Waals surface area (Å²) in [6.45, 7) is 0. The molecule has 8 aromatic rings. The van der Waals surface area contributed by atoms with Gasteiger partial charge in [-0.15, -0.1) is 0 Å². The van der Waals surface area contributed by atoms with Gasteiger partial charge < -0.3 is 9.47 Å². The standard InChI is InChI=1S/C49H38N2/c1-3-12-34(13-4-1)35-23-26-38(27-24-35)50(39-28-29-42-41-17-8-10-20-45(41)51(47(42)31-39)37-14-5-2-6-15-37)46-21-11-18-43-40-16-7-9-19-44(40)49(48(43)46)32-33-22-25-36(49)30-33/h1-21,23-24,26-29,31,33,36H,22,25,30,32H2. The highest BCUT2D eigenvalue weighted by atomic mass is 15.1. The maximum Gasteiger partial charge on any atom is 0.0561 e. The minimum Gasteiger partial charge on any atom is -0.310 e. The number of nitrogens with zero attached hydrogens (tertiary/aromatic N) is 2. The van der Waals surface area contributed by atoms with E-state index in [9.17, 15) is 0 Å². The summed E-state index contributed by atoms with van der Waals surface area (Å²) in [5.41, 5.74) is 15.8. The highest BCUT2D eigenvalue weighted by Crippen LogP contribution is 2.67. The third kappa shape index (κ3) is 4.17. The largest absolute Gasteiger partial charge is 0.310 e. The van der Waals surface area contributed by atoms with Gasteiger partial charge in [0.1, 0.15) is 0 Å². The first-order valence-electron chi connectivity index (χ1n) is 18.6. The maximum atomic E-state index is 2.57. The van der Waals surface area contributed by atoms with Crippen molar-refractivity contribution in [2.75, 3.05) is 4.90 Å². The molecule has 0 aliphatic heterocycles. The van der Waals surface area contributed by atoms with Gasteiger partial charge in [0, 0.05) is 33.2 Å². The Hall–Kier alpha value is -5.86. The van der Waals surface area contributed by atoms with Crippen LogP contribution in [0.3, 0.4) is 0 Å². The predicted molar refractivity (Wildman–Crippen MR) is 213 cm³/mol. The van der Waals surface area contributed by atoms with Crippen LogP contribution in [0, 0.1) is 11.8 Å². The number of anilines is 3. The molecule has 11 rings (SSSR count). The zero-order valence-corrected chi connectivity index (χ0v) is 28.5. The topological polar surface area (TPSA) is 8.17 Å². The molecule has 244 valence electrons. The van der Waals surface area contributed by atoms with E-state index in [4.69, 9.17) is 0 Å². The molecule has 1 aromatic heterocycles. The first-order chi connectivity index (χ1) is 25.3. The van der Waals surface area contributed by atoms with Gasteiger partial charge in [0.05, 0.1) is 16.7 Å². The lowest BCUT2D eigenvalue weighted by Gasteiger charge is -2.39. The molecule has 3 atom stereocenters. The molecule has 3 unspecified atom stereocenters. The molecule has 2 bridgehead atoms. The van der Waals surface area contributed by atoms with E-state index in [1.54, 1.807) is 5.56 Å². The van der Waals surface area contributed by atoms with Gasteiger partial charge in [0.25, 0.3) is 0 Å². The van der Waals surface area contributed by atoms with Gasteiger partial charge in [0.15, 0.2) is 0 Å². The summed E-state index contributed by atoms with van der Waals surface area (Å²) in [5, 5.41) is 2.55. The number of para-hydroxylation sites is 2. The van der Waals surface area contributed by atoms with E-state index in [-0.39, 0.29) is 5.41 Å². The van der Waals surface area contributed by atoms with Crippen molar-refractivity contribution in [2.24, 2.45) is 11.8 Å². The molecule has 1 spiro atoms. The van der Waals surface area contributed by atoms with E-state index in [2.05, 4.69) is 179 Å². The van der Waals surface area contributed by atoms with Crippen LogP contribution in [0.25, 0.3) is 49.7 Å². The Labute approximate surface area is 299 Å². The Morgan fingerprint density at radius 2 is 1.22 bits per heavy atom. The summed E-state index contributed by atoms with van der Waals surface area (Å²) in [6.07, 6.45) is 5.29. The third-order valence-electron chi connectivity index (χ3n) is 12.4. The smallest absolute Gasteiger partial charge is 0.0561 e. The number of rotatable bonds is 5. The van der Waals surface area contributed by atoms with Crippen LogP contribution in [0.4, 0.5) is 17.1 Å². The predicted octanol–water partition coefficient (Wildman–Crippen LogP) is 13.0. The first kappa shape index (κ1) is 28.9. The van der Waals surface area contributed by atoms with Crippen molar-refractivity contribution in [3.8, 4) is 27.9 Å². The van der Waals surface area contributed by atoms with Gasteiger partial charge in [-0.25, -0.2) is 0 Å². The van der Waals surface area contributed by atoms with E-state index in [0.29, 0.717) is 5.92 Å². The van der Waals surface area contributed by atoms with E-state index in [0.717, 1.165) is 5.92 Å². The van der Waals surface area contributed by atoms with Gasteiger partial charge in [0.2, 0.25) is 0 Å². The second-order valence-corrected chi connectivity index (χ2v) is 14.9. The average molecular weight is 655 g/mol. The Balaban J connectivity index is 1.18. The van der Waals surface area contributed by atoms with E-state index < -0.39 is 0 Å². The summed E-state index contributed by atoms with van der Waals surface area (Å²) in [7, 11) is 0. The molecule has 7 aromatic carbocycles. The summed E-state index contributed by atoms with van der Waals surface area (Å²) < 4.78 is 2.44. The van der Waals surface area contributed by atoms with E-state index in [1.165, 1.54) is 98.1 Å². The Morgan fingerprint density at radius 3 is 2.02 bits per heavy atom. The second kappa shape index (κ2) is 11.1. The Morgan fingerprint density at radius 1 is 0.529 bits per heavy atom. The van der Waals surface area contributed by atoms with Crippen molar-refractivity contribution in [1.29, 1.82) is 0 Å². The number of benzene rings is 7. The lowest BCUT2D eigenvalue weighted by Crippen LogP contribution is -2.33. The van der Waals surface area contributed by atoms with Crippen LogP contribution in [0.15, 0.2) is 170 Å². The summed E-state index contributed by atoms with van der Waals surface area (Å²) in [5.74, 6) is 1.48. The van der Waals surface area contributed by atoms with Gasteiger partial charge in [-0.2, -0.15) is 0 Å². The van der Waals surface area contributed by atoms with Crippen LogP contribution >= 0.6 is 0 Å². The average Bonchev–Trinajstić information content (AvgIpc) is 3.96. The zero-order chi connectivity index (χ0) is 33.5. The van der Waals surface area contributed by atoms with Crippen molar-refractivity contribution in [1.82, 2.24) is 4.57 Å². The molecular weight excluding hydrogens is 617 g/mol. The maximum absolute atomic E-state index is 2.57. The molecule has 3 aliphatic rings. The normalized spacial score (nSPS) is 19.9. The highest BCUT2D eigenvalue weighted by Gasteiger charge is 2.57. The molecule has 0 amide bonds. The fraction of sp³-hybridized carbons (Fsp3) is 0.143. The molecule has 2 heteroatoms. The van der Waals surface area contributed by atoms with E-state index >= 15 is 0 Å². The molecule has 1 heterocycles. The SMILES string of the molecule is c1ccc(-c2ccc(N(c3ccc4c5ccccc5n(-c5ccccc5)c4c3)c3cccc4c3C3(CC5CCC3C5)c3ccccc3-4)cc2)cc1. The molecule has 3 aliphatic carbocycles. The van der Waals surface area contributed by atoms with Crippen molar-refractivity contribution in [3.05, 3.63) is 181 Å². The fourth-order valence-electron chi connectivity index (χ4n) is 10.4. The van der Waals surface area contributed by atoms with Gasteiger partial charge in [-0.3, -0.25) is 0 Å². The molecule has 0 saturated heterocycles. The van der Waals surface area contributed by atoms with E-state index in [1.807, 2.05) is 0 Å². The third-order valence-corrected chi connectivity index (χ3v) is 12.4. The van der Waals surface area contributed by atoms with Crippen LogP contribution in [0.1, 0.15) is 36.8 Å². The Kier molecular flexibility index (Phi) is 6.28. The van der Waals surface area contributed by atoms with Gasteiger partial charge >= 0.3 is 0 Å². The summed E-state index contributed by atoms with van der Waals surface area (Å²) in [6, 6.07) is 63.2. The van der Waals surface area contributed by atoms with Crippen LogP contribution in [0.2, 0.25) is 0 Å². The molecule has 2 nitrogen and oxygen atoms in total.